The summed E-state index contributed by atoms with van der Waals surface area (Å²) in [4.78, 5) is 4.28. The molecule has 3 nitrogen and oxygen atoms in total. The summed E-state index contributed by atoms with van der Waals surface area (Å²) >= 11 is 0. The molecule has 4 heterocycles. The molecular weight excluding hydrogens is 271 g/mol. The van der Waals surface area contributed by atoms with E-state index < -0.39 is 6.97 Å². The zero-order valence-electron chi connectivity index (χ0n) is 11.4. The van der Waals surface area contributed by atoms with Gasteiger partial charge in [0.25, 0.3) is 0 Å². The molecule has 0 bridgehead atoms. The second kappa shape index (κ2) is 4.01. The monoisotopic (exact) mass is 283 g/mol. The largest absolute Gasteiger partial charge is 0.737 e. The number of fused-ring (bicyclic) bond motifs is 2. The van der Waals surface area contributed by atoms with Crippen molar-refractivity contribution in [1.29, 1.82) is 0 Å². The third-order valence-corrected chi connectivity index (χ3v) is 4.02. The zero-order valence-corrected chi connectivity index (χ0v) is 11.4. The van der Waals surface area contributed by atoms with Crippen LogP contribution in [0.4, 0.5) is 8.63 Å². The Morgan fingerprint density at radius 2 is 2.10 bits per heavy atom. The van der Waals surface area contributed by atoms with Crippen LogP contribution in [0.25, 0.3) is 5.57 Å². The van der Waals surface area contributed by atoms with Gasteiger partial charge in [-0.15, -0.1) is 0 Å². The van der Waals surface area contributed by atoms with Crippen LogP contribution in [0.1, 0.15) is 17.0 Å². The predicted molar refractivity (Wildman–Crippen MR) is 78.3 cm³/mol. The fraction of sp³-hybridized carbons (Fsp3) is 0.0667. The maximum Gasteiger partial charge on any atom is 0.737 e. The van der Waals surface area contributed by atoms with Gasteiger partial charge >= 0.3 is 6.97 Å². The van der Waals surface area contributed by atoms with Crippen LogP contribution in [-0.4, -0.2) is 27.1 Å². The third kappa shape index (κ3) is 1.53. The molecule has 4 rings (SSSR count). The number of hydrogen-bond donors (Lipinski definition) is 0. The van der Waals surface area contributed by atoms with Gasteiger partial charge in [-0.2, -0.15) is 0 Å². The van der Waals surface area contributed by atoms with E-state index in [1.165, 1.54) is 12.4 Å². The van der Waals surface area contributed by atoms with E-state index in [-0.39, 0.29) is 0 Å². The van der Waals surface area contributed by atoms with Crippen molar-refractivity contribution in [2.45, 2.75) is 6.92 Å². The summed E-state index contributed by atoms with van der Waals surface area (Å²) in [5.41, 5.74) is 3.56. The number of nitrogens with zero attached hydrogens (tertiary/aromatic N) is 3. The fourth-order valence-electron chi connectivity index (χ4n) is 3.04. The smallest absolute Gasteiger partial charge is 0.396 e. The van der Waals surface area contributed by atoms with E-state index in [9.17, 15) is 8.63 Å². The van der Waals surface area contributed by atoms with Gasteiger partial charge in [0.05, 0.1) is 5.57 Å². The topological polar surface area (TPSA) is 20.8 Å². The molecule has 0 fully saturated rings. The molecule has 2 aromatic heterocycles. The molecule has 0 N–H and O–H groups in total. The first kappa shape index (κ1) is 12.3. The molecule has 2 aliphatic rings. The number of aryl methyl sites for hydroxylation is 1. The second-order valence-corrected chi connectivity index (χ2v) is 5.20. The van der Waals surface area contributed by atoms with Crippen molar-refractivity contribution in [3.05, 3.63) is 71.5 Å². The molecule has 0 aliphatic carbocycles. The summed E-state index contributed by atoms with van der Waals surface area (Å²) in [6.07, 6.45) is 7.96. The third-order valence-electron chi connectivity index (χ3n) is 4.02. The molecule has 0 atom stereocenters. The molecule has 0 aromatic carbocycles. The van der Waals surface area contributed by atoms with Crippen LogP contribution in [0.5, 0.6) is 0 Å². The Hall–Kier alpha value is -2.50. The van der Waals surface area contributed by atoms with Crippen LogP contribution in [0, 0.1) is 6.92 Å². The lowest BCUT2D eigenvalue weighted by atomic mass is 9.86. The van der Waals surface area contributed by atoms with Crippen LogP contribution in [-0.2, 0) is 0 Å². The Labute approximate surface area is 120 Å². The van der Waals surface area contributed by atoms with Gasteiger partial charge in [0.1, 0.15) is 6.21 Å². The van der Waals surface area contributed by atoms with E-state index in [1.54, 1.807) is 30.5 Å². The van der Waals surface area contributed by atoms with Gasteiger partial charge in [0, 0.05) is 35.3 Å². The maximum atomic E-state index is 14.6. The van der Waals surface area contributed by atoms with Gasteiger partial charge in [-0.1, -0.05) is 6.07 Å². The standard InChI is InChI=1S/C15H12BF2N3/c1-11-12(5-2-8-19-11)15-13-6-3-9-20(13)16(17,18)21-10-4-7-14(15)21/h2-10H,1H3. The molecule has 0 spiro atoms. The molecule has 0 saturated carbocycles. The average Bonchev–Trinajstić information content (AvgIpc) is 3.10. The highest BCUT2D eigenvalue weighted by molar-refractivity contribution is 6.57. The molecule has 0 unspecified atom stereocenters. The number of aromatic nitrogens is 2. The normalized spacial score (nSPS) is 18.5. The quantitative estimate of drug-likeness (QED) is 0.737. The first-order valence-corrected chi connectivity index (χ1v) is 6.76. The predicted octanol–water partition coefficient (Wildman–Crippen LogP) is 2.84. The van der Waals surface area contributed by atoms with Gasteiger partial charge in [-0.25, -0.2) is 0 Å². The molecule has 6 heteroatoms. The van der Waals surface area contributed by atoms with E-state index >= 15 is 0 Å². The van der Waals surface area contributed by atoms with Gasteiger partial charge in [0.15, 0.2) is 5.70 Å². The molecular formula is C15H12BF2N3. The van der Waals surface area contributed by atoms with Crippen LogP contribution in [0.2, 0.25) is 0 Å². The minimum Gasteiger partial charge on any atom is -0.396 e. The van der Waals surface area contributed by atoms with E-state index in [0.29, 0.717) is 11.4 Å². The van der Waals surface area contributed by atoms with Crippen molar-refractivity contribution in [2.75, 3.05) is 0 Å². The summed E-state index contributed by atoms with van der Waals surface area (Å²) in [5.74, 6) is 0. The zero-order chi connectivity index (χ0) is 14.6. The molecule has 104 valence electrons. The Kier molecular flexibility index (Phi) is 2.34. The van der Waals surface area contributed by atoms with Gasteiger partial charge in [-0.3, -0.25) is 4.98 Å². The lowest BCUT2D eigenvalue weighted by Gasteiger charge is -2.31. The highest BCUT2D eigenvalue weighted by atomic mass is 19.2. The molecule has 0 radical (unpaired) electrons. The first-order valence-electron chi connectivity index (χ1n) is 6.76. The summed E-state index contributed by atoms with van der Waals surface area (Å²) < 4.78 is 31.3. The summed E-state index contributed by atoms with van der Waals surface area (Å²) in [6.45, 7) is -1.94. The lowest BCUT2D eigenvalue weighted by molar-refractivity contribution is -0.356. The SMILES string of the molecule is Cc1ncccc1C1=C2C=CC=[N+]2[B-](F)(F)n2cccc21. The number of allylic oxidation sites excluding steroid dienone is 2. The minimum atomic E-state index is -3.83. The highest BCUT2D eigenvalue weighted by Gasteiger charge is 2.51. The fourth-order valence-corrected chi connectivity index (χ4v) is 3.04. The van der Waals surface area contributed by atoms with Crippen LogP contribution < -0.4 is 0 Å². The van der Waals surface area contributed by atoms with Crippen molar-refractivity contribution in [3.63, 3.8) is 0 Å². The highest BCUT2D eigenvalue weighted by Crippen LogP contribution is 2.38. The van der Waals surface area contributed by atoms with Crippen molar-refractivity contribution in [3.8, 4) is 0 Å². The Bertz CT molecular complexity index is 846. The lowest BCUT2D eigenvalue weighted by Crippen LogP contribution is -2.49. The molecule has 0 amide bonds. The van der Waals surface area contributed by atoms with E-state index in [4.69, 9.17) is 0 Å². The van der Waals surface area contributed by atoms with Crippen LogP contribution >= 0.6 is 0 Å². The van der Waals surface area contributed by atoms with Crippen molar-refractivity contribution in [1.82, 2.24) is 9.46 Å². The van der Waals surface area contributed by atoms with Crippen molar-refractivity contribution in [2.24, 2.45) is 0 Å². The number of pyridine rings is 1. The summed E-state index contributed by atoms with van der Waals surface area (Å²) in [7, 11) is 0. The van der Waals surface area contributed by atoms with E-state index in [2.05, 4.69) is 4.98 Å². The number of rotatable bonds is 1. The van der Waals surface area contributed by atoms with Gasteiger partial charge in [-0.05, 0) is 31.3 Å². The van der Waals surface area contributed by atoms with Gasteiger partial charge < -0.3 is 17.6 Å². The molecule has 2 aromatic rings. The average molecular weight is 283 g/mol. The second-order valence-electron chi connectivity index (χ2n) is 5.20. The van der Waals surface area contributed by atoms with Crippen LogP contribution in [0.15, 0.2) is 54.5 Å². The van der Waals surface area contributed by atoms with Crippen molar-refractivity contribution >= 4 is 18.8 Å². The van der Waals surface area contributed by atoms with E-state index in [0.717, 1.165) is 25.8 Å². The molecule has 0 saturated heterocycles. The first-order chi connectivity index (χ1) is 10.1. The van der Waals surface area contributed by atoms with Crippen LogP contribution in [0.3, 0.4) is 0 Å². The van der Waals surface area contributed by atoms with Gasteiger partial charge in [0.2, 0.25) is 0 Å². The number of halogens is 2. The van der Waals surface area contributed by atoms with Crippen molar-refractivity contribution < 1.29 is 13.1 Å². The Balaban J connectivity index is 2.09. The summed E-state index contributed by atoms with van der Waals surface area (Å²) in [6, 6.07) is 7.13. The van der Waals surface area contributed by atoms with E-state index in [1.807, 2.05) is 19.1 Å². The number of hydrogen-bond acceptors (Lipinski definition) is 1. The Morgan fingerprint density at radius 1 is 1.24 bits per heavy atom. The molecule has 2 aliphatic heterocycles. The molecule has 21 heavy (non-hydrogen) atoms. The minimum absolute atomic E-state index is 0.530. The maximum absolute atomic E-state index is 14.6. The Morgan fingerprint density at radius 3 is 2.90 bits per heavy atom. The summed E-state index contributed by atoms with van der Waals surface area (Å²) in [5, 5.41) is 0.